The lowest BCUT2D eigenvalue weighted by molar-refractivity contribution is -0.00343. The Balaban J connectivity index is 1.49. The summed E-state index contributed by atoms with van der Waals surface area (Å²) in [6.07, 6.45) is 0.424. The second kappa shape index (κ2) is 10.7. The number of likely N-dealkylation sites (tertiary alicyclic amines) is 1. The Morgan fingerprint density at radius 3 is 2.15 bits per heavy atom. The van der Waals surface area contributed by atoms with Gasteiger partial charge in [0.2, 0.25) is 0 Å². The van der Waals surface area contributed by atoms with Gasteiger partial charge in [-0.15, -0.1) is 11.3 Å². The molecule has 182 valence electrons. The summed E-state index contributed by atoms with van der Waals surface area (Å²) in [6.45, 7) is 6.37. The van der Waals surface area contributed by atoms with Gasteiger partial charge in [0.25, 0.3) is 5.91 Å². The summed E-state index contributed by atoms with van der Waals surface area (Å²) < 4.78 is 15.6. The summed E-state index contributed by atoms with van der Waals surface area (Å²) in [7, 11) is 1.28. The minimum Gasteiger partial charge on any atom is -0.465 e. The smallest absolute Gasteiger partial charge is 0.410 e. The number of thiophene rings is 1. The van der Waals surface area contributed by atoms with Crippen molar-refractivity contribution in [2.45, 2.75) is 45.3 Å². The maximum Gasteiger partial charge on any atom is 0.410 e. The zero-order chi connectivity index (χ0) is 24.9. The van der Waals surface area contributed by atoms with Crippen LogP contribution in [0.25, 0.3) is 0 Å². The fourth-order valence-corrected chi connectivity index (χ4v) is 4.07. The van der Waals surface area contributed by atoms with Gasteiger partial charge in [-0.2, -0.15) is 0 Å². The number of nitrogens with one attached hydrogen (secondary N) is 1. The van der Waals surface area contributed by atoms with E-state index in [0.717, 1.165) is 11.3 Å². The summed E-state index contributed by atoms with van der Waals surface area (Å²) in [5.74, 6) is -1.33. The quantitative estimate of drug-likeness (QED) is 0.492. The van der Waals surface area contributed by atoms with Crippen molar-refractivity contribution in [2.75, 3.05) is 25.5 Å². The highest BCUT2D eigenvalue weighted by molar-refractivity contribution is 7.16. The lowest BCUT2D eigenvalue weighted by Crippen LogP contribution is -2.43. The SMILES string of the molecule is COC(=O)c1ccc(C(=O)Nc2ccc(C(=O)OC3CCN(C(=O)OC(C)(C)C)CC3)cc2)s1. The number of anilines is 1. The predicted molar refractivity (Wildman–Crippen MR) is 126 cm³/mol. The number of amides is 2. The van der Waals surface area contributed by atoms with Crippen LogP contribution in [0.2, 0.25) is 0 Å². The van der Waals surface area contributed by atoms with E-state index in [9.17, 15) is 19.2 Å². The Hall–Kier alpha value is -3.40. The summed E-state index contributed by atoms with van der Waals surface area (Å²) >= 11 is 1.03. The van der Waals surface area contributed by atoms with E-state index in [1.807, 2.05) is 20.8 Å². The second-order valence-electron chi connectivity index (χ2n) is 8.76. The molecule has 0 spiro atoms. The van der Waals surface area contributed by atoms with Crippen molar-refractivity contribution in [2.24, 2.45) is 0 Å². The molecule has 1 aliphatic heterocycles. The first kappa shape index (κ1) is 25.2. The molecule has 0 bridgehead atoms. The molecule has 0 saturated carbocycles. The predicted octanol–water partition coefficient (Wildman–Crippen LogP) is 4.34. The number of esters is 2. The average molecular weight is 489 g/mol. The van der Waals surface area contributed by atoms with Crippen LogP contribution in [-0.2, 0) is 14.2 Å². The van der Waals surface area contributed by atoms with Gasteiger partial charge >= 0.3 is 18.0 Å². The van der Waals surface area contributed by atoms with Crippen LogP contribution in [-0.4, -0.2) is 60.7 Å². The third-order valence-corrected chi connectivity index (χ3v) is 6.03. The van der Waals surface area contributed by atoms with Gasteiger partial charge in [-0.05, 0) is 57.2 Å². The molecule has 2 aromatic rings. The van der Waals surface area contributed by atoms with E-state index in [-0.39, 0.29) is 18.1 Å². The third-order valence-electron chi connectivity index (χ3n) is 4.96. The Kier molecular flexibility index (Phi) is 7.93. The summed E-state index contributed by atoms with van der Waals surface area (Å²) in [5, 5.41) is 2.73. The number of ether oxygens (including phenoxy) is 3. The van der Waals surface area contributed by atoms with Gasteiger partial charge in [0.05, 0.1) is 17.6 Å². The minimum atomic E-state index is -0.554. The molecule has 1 N–H and O–H groups in total. The first-order chi connectivity index (χ1) is 16.1. The van der Waals surface area contributed by atoms with Gasteiger partial charge in [0.1, 0.15) is 16.6 Å². The largest absolute Gasteiger partial charge is 0.465 e. The highest BCUT2D eigenvalue weighted by Gasteiger charge is 2.28. The number of methoxy groups -OCH3 is 1. The van der Waals surface area contributed by atoms with Crippen molar-refractivity contribution in [1.29, 1.82) is 0 Å². The monoisotopic (exact) mass is 488 g/mol. The van der Waals surface area contributed by atoms with E-state index in [2.05, 4.69) is 10.1 Å². The molecule has 34 heavy (non-hydrogen) atoms. The Morgan fingerprint density at radius 2 is 1.56 bits per heavy atom. The van der Waals surface area contributed by atoms with Crippen LogP contribution in [0, 0.1) is 0 Å². The zero-order valence-electron chi connectivity index (χ0n) is 19.6. The van der Waals surface area contributed by atoms with Crippen LogP contribution in [0.5, 0.6) is 0 Å². The number of hydrogen-bond acceptors (Lipinski definition) is 8. The number of carbonyl (C=O) groups excluding carboxylic acids is 4. The molecule has 1 aromatic heterocycles. The number of carbonyl (C=O) groups is 4. The van der Waals surface area contributed by atoms with E-state index in [1.165, 1.54) is 13.2 Å². The molecule has 2 amide bonds. The van der Waals surface area contributed by atoms with Crippen LogP contribution in [0.4, 0.5) is 10.5 Å². The molecule has 10 heteroatoms. The minimum absolute atomic E-state index is 0.284. The van der Waals surface area contributed by atoms with Crippen molar-refractivity contribution < 1.29 is 33.4 Å². The Morgan fingerprint density at radius 1 is 0.941 bits per heavy atom. The average Bonchev–Trinajstić information content (AvgIpc) is 3.29. The molecule has 9 nitrogen and oxygen atoms in total. The van der Waals surface area contributed by atoms with E-state index >= 15 is 0 Å². The first-order valence-corrected chi connectivity index (χ1v) is 11.7. The van der Waals surface area contributed by atoms with Crippen molar-refractivity contribution in [3.63, 3.8) is 0 Å². The van der Waals surface area contributed by atoms with Crippen LogP contribution in [0.3, 0.4) is 0 Å². The molecule has 0 atom stereocenters. The maximum atomic E-state index is 12.5. The van der Waals surface area contributed by atoms with E-state index in [4.69, 9.17) is 9.47 Å². The molecule has 1 saturated heterocycles. The topological polar surface area (TPSA) is 111 Å². The molecule has 3 rings (SSSR count). The maximum absolute atomic E-state index is 12.5. The number of rotatable bonds is 5. The number of piperidine rings is 1. The molecular formula is C24H28N2O7S. The van der Waals surface area contributed by atoms with Gasteiger partial charge < -0.3 is 24.4 Å². The van der Waals surface area contributed by atoms with Gasteiger partial charge in [-0.25, -0.2) is 14.4 Å². The highest BCUT2D eigenvalue weighted by Crippen LogP contribution is 2.21. The Bertz CT molecular complexity index is 1050. The molecule has 0 radical (unpaired) electrons. The van der Waals surface area contributed by atoms with Crippen LogP contribution in [0.1, 0.15) is 63.3 Å². The van der Waals surface area contributed by atoms with E-state index in [0.29, 0.717) is 46.9 Å². The van der Waals surface area contributed by atoms with Crippen molar-refractivity contribution in [3.05, 3.63) is 51.7 Å². The third kappa shape index (κ3) is 6.80. The molecule has 0 unspecified atom stereocenters. The van der Waals surface area contributed by atoms with Gasteiger partial charge in [0, 0.05) is 31.6 Å². The molecule has 2 heterocycles. The van der Waals surface area contributed by atoms with Gasteiger partial charge in [0.15, 0.2) is 0 Å². The normalized spacial score (nSPS) is 14.3. The van der Waals surface area contributed by atoms with Crippen molar-refractivity contribution in [1.82, 2.24) is 4.90 Å². The molecule has 1 aromatic carbocycles. The zero-order valence-corrected chi connectivity index (χ0v) is 20.4. The highest BCUT2D eigenvalue weighted by atomic mass is 32.1. The van der Waals surface area contributed by atoms with Gasteiger partial charge in [-0.1, -0.05) is 0 Å². The van der Waals surface area contributed by atoms with E-state index in [1.54, 1.807) is 35.2 Å². The first-order valence-electron chi connectivity index (χ1n) is 10.8. The standard InChI is InChI=1S/C24H28N2O7S/c1-24(2,3)33-23(30)26-13-11-17(12-14-26)32-21(28)15-5-7-16(8-6-15)25-20(27)18-9-10-19(34-18)22(29)31-4/h5-10,17H,11-14H2,1-4H3,(H,25,27). The summed E-state index contributed by atoms with van der Waals surface area (Å²) in [5.41, 5.74) is 0.304. The molecular weight excluding hydrogens is 460 g/mol. The number of nitrogens with zero attached hydrogens (tertiary/aromatic N) is 1. The lowest BCUT2D eigenvalue weighted by Gasteiger charge is -2.33. The molecule has 1 aliphatic rings. The summed E-state index contributed by atoms with van der Waals surface area (Å²) in [6, 6.07) is 9.43. The van der Waals surface area contributed by atoms with Gasteiger partial charge in [-0.3, -0.25) is 4.79 Å². The summed E-state index contributed by atoms with van der Waals surface area (Å²) in [4.78, 5) is 50.9. The molecule has 0 aliphatic carbocycles. The van der Waals surface area contributed by atoms with E-state index < -0.39 is 17.5 Å². The van der Waals surface area contributed by atoms with Crippen LogP contribution >= 0.6 is 11.3 Å². The number of hydrogen-bond donors (Lipinski definition) is 1. The lowest BCUT2D eigenvalue weighted by atomic mass is 10.1. The number of benzene rings is 1. The fraction of sp³-hybridized carbons (Fsp3) is 0.417. The fourth-order valence-electron chi connectivity index (χ4n) is 3.25. The van der Waals surface area contributed by atoms with Crippen LogP contribution in [0.15, 0.2) is 36.4 Å². The van der Waals surface area contributed by atoms with Crippen molar-refractivity contribution in [3.8, 4) is 0 Å². The van der Waals surface area contributed by atoms with Crippen LogP contribution < -0.4 is 5.32 Å². The molecule has 1 fully saturated rings. The second-order valence-corrected chi connectivity index (χ2v) is 9.84. The van der Waals surface area contributed by atoms with Crippen molar-refractivity contribution >= 4 is 41.0 Å². The Labute approximate surface area is 202 Å².